The van der Waals surface area contributed by atoms with E-state index in [1.54, 1.807) is 4.89 Å². The quantitative estimate of drug-likeness (QED) is 0.286. The monoisotopic (exact) mass is 388 g/mol. The Balaban J connectivity index is 6.48. The van der Waals surface area contributed by atoms with Gasteiger partial charge in [-0.15, -0.1) is 0 Å². The first kappa shape index (κ1) is 22.1. The molecule has 0 unspecified atom stereocenters. The van der Waals surface area contributed by atoms with Gasteiger partial charge in [-0.1, -0.05) is 0 Å². The highest BCUT2D eigenvalue weighted by Crippen LogP contribution is 2.58. The Labute approximate surface area is 121 Å². The summed E-state index contributed by atoms with van der Waals surface area (Å²) in [6, 6.07) is 0. The van der Waals surface area contributed by atoms with E-state index < -0.39 is 47.4 Å². The molecule has 0 aromatic rings. The molecule has 0 aliphatic heterocycles. The fourth-order valence-corrected chi connectivity index (χ4v) is 1.06. The van der Waals surface area contributed by atoms with E-state index in [0.29, 0.717) is 0 Å². The number of carboxylic acids is 1. The maximum atomic E-state index is 13.0. The minimum absolute atomic E-state index is 1.76. The lowest BCUT2D eigenvalue weighted by atomic mass is 9.93. The summed E-state index contributed by atoms with van der Waals surface area (Å²) in [7, 11) is 0. The van der Waals surface area contributed by atoms with E-state index >= 15 is 0 Å². The van der Waals surface area contributed by atoms with Crippen LogP contribution in [0.2, 0.25) is 0 Å². The maximum Gasteiger partial charge on any atom is 0.386 e. The van der Waals surface area contributed by atoms with Crippen molar-refractivity contribution >= 4 is 5.97 Å². The molecule has 0 radical (unpaired) electrons. The normalized spacial score (nSPS) is 14.4. The molecule has 24 heavy (non-hydrogen) atoms. The second-order valence-electron chi connectivity index (χ2n) is 3.83. The second-order valence-corrected chi connectivity index (χ2v) is 3.83. The molecule has 0 amide bonds. The maximum absolute atomic E-state index is 13.0. The van der Waals surface area contributed by atoms with Crippen molar-refractivity contribution in [2.45, 2.75) is 29.6 Å². The van der Waals surface area contributed by atoms with Crippen molar-refractivity contribution in [3.8, 4) is 0 Å². The molecular formula is C8F12O4-2. The van der Waals surface area contributed by atoms with Crippen LogP contribution in [-0.4, -0.2) is 35.6 Å². The Morgan fingerprint density at radius 3 is 1.29 bits per heavy atom. The lowest BCUT2D eigenvalue weighted by Crippen LogP contribution is -2.70. The van der Waals surface area contributed by atoms with Crippen LogP contribution in [-0.2, 0) is 9.68 Å². The van der Waals surface area contributed by atoms with Crippen LogP contribution in [0.1, 0.15) is 0 Å². The van der Waals surface area contributed by atoms with Crippen LogP contribution in [0.4, 0.5) is 52.7 Å². The Morgan fingerprint density at radius 2 is 1.04 bits per heavy atom. The van der Waals surface area contributed by atoms with E-state index in [1.807, 2.05) is 0 Å². The molecule has 0 saturated carbocycles. The topological polar surface area (TPSA) is 72.4 Å². The van der Waals surface area contributed by atoms with E-state index in [4.69, 9.17) is 0 Å². The van der Waals surface area contributed by atoms with Crippen LogP contribution in [0.25, 0.3) is 0 Å². The molecule has 0 saturated heterocycles. The van der Waals surface area contributed by atoms with Gasteiger partial charge in [-0.25, -0.2) is 0 Å². The first-order chi connectivity index (χ1) is 10.3. The van der Waals surface area contributed by atoms with Gasteiger partial charge in [-0.2, -0.15) is 52.7 Å². The number of carboxylic acid groups (broad SMARTS) is 1. The average molecular weight is 388 g/mol. The molecule has 4 nitrogen and oxygen atoms in total. The van der Waals surface area contributed by atoms with Gasteiger partial charge in [0.2, 0.25) is 5.76 Å². The van der Waals surface area contributed by atoms with Crippen LogP contribution in [0, 0.1) is 0 Å². The first-order valence-corrected chi connectivity index (χ1v) is 4.80. The number of rotatable bonds is 7. The Morgan fingerprint density at radius 1 is 0.708 bits per heavy atom. The van der Waals surface area contributed by atoms with Crippen molar-refractivity contribution in [2.24, 2.45) is 0 Å². The highest BCUT2D eigenvalue weighted by molar-refractivity contribution is 5.75. The summed E-state index contributed by atoms with van der Waals surface area (Å²) in [5.74, 6) is -46.3. The molecule has 0 aliphatic rings. The number of halogens is 12. The van der Waals surface area contributed by atoms with Gasteiger partial charge in [0.1, 0.15) is 5.97 Å². The lowest BCUT2D eigenvalue weighted by molar-refractivity contribution is -0.678. The number of hydrogen-bond acceptors (Lipinski definition) is 4. The minimum atomic E-state index is -7.97. The third-order valence-corrected chi connectivity index (χ3v) is 2.37. The van der Waals surface area contributed by atoms with Crippen molar-refractivity contribution < 1.29 is 72.7 Å². The van der Waals surface area contributed by atoms with Crippen LogP contribution in [0.15, 0.2) is 11.8 Å². The highest BCUT2D eigenvalue weighted by Gasteiger charge is 2.87. The van der Waals surface area contributed by atoms with Gasteiger partial charge in [0, 0.05) is 0 Å². The first-order valence-electron chi connectivity index (χ1n) is 4.80. The molecule has 0 fully saturated rings. The minimum Gasteiger partial charge on any atom is -0.664 e. The zero-order valence-electron chi connectivity index (χ0n) is 10.2. The predicted molar refractivity (Wildman–Crippen MR) is 40.1 cm³/mol. The Hall–Kier alpha value is -1.87. The van der Waals surface area contributed by atoms with E-state index in [1.165, 1.54) is 0 Å². The zero-order valence-corrected chi connectivity index (χ0v) is 10.2. The largest absolute Gasteiger partial charge is 0.664 e. The fourth-order valence-electron chi connectivity index (χ4n) is 1.06. The summed E-state index contributed by atoms with van der Waals surface area (Å²) >= 11 is 0. The molecule has 0 N–H and O–H groups in total. The standard InChI is InChI=1S/C8H2F12O4/c9-2(10)1(24-23)4(11,12)6(15,16)8(19,20)7(17,18)5(13,14)3(21)22/h23H,(H,21,22)/p-2. The third kappa shape index (κ3) is 2.71. The molecule has 0 aromatic carbocycles. The van der Waals surface area contributed by atoms with E-state index in [9.17, 15) is 67.8 Å². The van der Waals surface area contributed by atoms with Gasteiger partial charge in [0.05, 0.1) is 0 Å². The Bertz CT molecular complexity index is 535. The average Bonchev–Trinajstić information content (AvgIpc) is 2.37. The van der Waals surface area contributed by atoms with Crippen LogP contribution in [0.5, 0.6) is 0 Å². The van der Waals surface area contributed by atoms with Crippen molar-refractivity contribution in [1.82, 2.24) is 0 Å². The van der Waals surface area contributed by atoms with E-state index in [2.05, 4.69) is 0 Å². The van der Waals surface area contributed by atoms with Crippen LogP contribution in [0.3, 0.4) is 0 Å². The smallest absolute Gasteiger partial charge is 0.386 e. The Kier molecular flexibility index (Phi) is 5.43. The second kappa shape index (κ2) is 5.89. The summed E-state index contributed by atoms with van der Waals surface area (Å²) in [5, 5.41) is 19.2. The fraction of sp³-hybridized carbons (Fsp3) is 0.625. The van der Waals surface area contributed by atoms with Crippen molar-refractivity contribution in [3.05, 3.63) is 11.8 Å². The van der Waals surface area contributed by atoms with Crippen molar-refractivity contribution in [1.29, 1.82) is 0 Å². The molecule has 0 spiro atoms. The van der Waals surface area contributed by atoms with Gasteiger partial charge < -0.3 is 20.0 Å². The van der Waals surface area contributed by atoms with E-state index in [-0.39, 0.29) is 0 Å². The zero-order chi connectivity index (χ0) is 19.9. The van der Waals surface area contributed by atoms with Crippen LogP contribution < -0.4 is 10.4 Å². The molecule has 0 atom stereocenters. The van der Waals surface area contributed by atoms with E-state index in [0.717, 1.165) is 0 Å². The van der Waals surface area contributed by atoms with Crippen LogP contribution >= 0.6 is 0 Å². The number of allylic oxidation sites excluding steroid dienone is 1. The summed E-state index contributed by atoms with van der Waals surface area (Å²) < 4.78 is 152. The summed E-state index contributed by atoms with van der Waals surface area (Å²) in [4.78, 5) is 11.4. The summed E-state index contributed by atoms with van der Waals surface area (Å²) in [6.07, 6.45) is -4.17. The van der Waals surface area contributed by atoms with Crippen molar-refractivity contribution in [2.75, 3.05) is 0 Å². The number of aliphatic carboxylic acids is 1. The lowest BCUT2D eigenvalue weighted by Gasteiger charge is -2.39. The molecule has 142 valence electrons. The molecule has 16 heteroatoms. The molecule has 0 rings (SSSR count). The molecule has 0 aromatic heterocycles. The molecule has 0 bridgehead atoms. The molecule has 0 heterocycles. The summed E-state index contributed by atoms with van der Waals surface area (Å²) in [5.41, 5.74) is 0. The number of carbonyl (C=O) groups is 1. The highest BCUT2D eigenvalue weighted by atomic mass is 19.4. The van der Waals surface area contributed by atoms with Crippen molar-refractivity contribution in [3.63, 3.8) is 0 Å². The third-order valence-electron chi connectivity index (χ3n) is 2.37. The van der Waals surface area contributed by atoms with Gasteiger partial charge in [0.25, 0.3) is 0 Å². The number of carbonyl (C=O) groups excluding carboxylic acids is 1. The van der Waals surface area contributed by atoms with Gasteiger partial charge in [-0.05, 0) is 0 Å². The SMILES string of the molecule is O=C([O-])C(F)(F)C(F)(F)C(F)(F)C(F)(F)C(F)(F)C(O[O-])=C(F)F. The van der Waals surface area contributed by atoms with Gasteiger partial charge in [0.15, 0.2) is 0 Å². The molecule has 0 aliphatic carbocycles. The molecular weight excluding hydrogens is 388 g/mol. The number of alkyl halides is 10. The van der Waals surface area contributed by atoms with Gasteiger partial charge >= 0.3 is 35.7 Å². The van der Waals surface area contributed by atoms with Gasteiger partial charge in [-0.3, -0.25) is 0 Å². The number of hydrogen-bond donors (Lipinski definition) is 0. The predicted octanol–water partition coefficient (Wildman–Crippen LogP) is 1.31. The summed E-state index contributed by atoms with van der Waals surface area (Å²) in [6.45, 7) is 0.